The average molecular weight is 416 g/mol. The number of amides is 1. The Morgan fingerprint density at radius 2 is 1.87 bits per heavy atom. The lowest BCUT2D eigenvalue weighted by molar-refractivity contribution is 0.0932. The molecule has 4 rings (SSSR count). The van der Waals surface area contributed by atoms with E-state index in [1.54, 1.807) is 31.5 Å². The number of pyridine rings is 1. The normalized spacial score (nSPS) is 11.8. The molecular weight excluding hydrogens is 392 g/mol. The number of hydrogen-bond acceptors (Lipinski definition) is 5. The number of nitrogens with one attached hydrogen (secondary N) is 1. The molecule has 0 spiro atoms. The minimum Gasteiger partial charge on any atom is -0.497 e. The first-order valence-corrected chi connectivity index (χ1v) is 10.1. The molecule has 7 heteroatoms. The standard InChI is InChI=1S/C24H24N4O3/c1-17(26-24(29)21-11-5-6-13-25-21)23-27-20-10-3-4-12-22(20)28(23)14-15-31-19-9-7-8-18(16-19)30-2/h3-13,16-17H,14-15H2,1-2H3,(H,26,29). The molecule has 31 heavy (non-hydrogen) atoms. The van der Waals surface area contributed by atoms with Gasteiger partial charge in [-0.2, -0.15) is 0 Å². The molecule has 0 aliphatic heterocycles. The number of imidazole rings is 1. The number of carbonyl (C=O) groups excluding carboxylic acids is 1. The van der Waals surface area contributed by atoms with Gasteiger partial charge in [-0.25, -0.2) is 4.98 Å². The monoisotopic (exact) mass is 416 g/mol. The Hall–Kier alpha value is -3.87. The van der Waals surface area contributed by atoms with E-state index >= 15 is 0 Å². The molecule has 158 valence electrons. The van der Waals surface area contributed by atoms with Crippen molar-refractivity contribution in [3.05, 3.63) is 84.4 Å². The predicted octanol–water partition coefficient (Wildman–Crippen LogP) is 4.01. The number of methoxy groups -OCH3 is 1. The molecule has 2 heterocycles. The Morgan fingerprint density at radius 1 is 1.06 bits per heavy atom. The molecule has 2 aromatic carbocycles. The van der Waals surface area contributed by atoms with E-state index in [-0.39, 0.29) is 11.9 Å². The number of para-hydroxylation sites is 2. The Bertz CT molecular complexity index is 1170. The molecule has 0 saturated carbocycles. The zero-order valence-electron chi connectivity index (χ0n) is 17.5. The Balaban J connectivity index is 1.53. The van der Waals surface area contributed by atoms with Crippen molar-refractivity contribution in [2.75, 3.05) is 13.7 Å². The smallest absolute Gasteiger partial charge is 0.270 e. The van der Waals surface area contributed by atoms with Gasteiger partial charge in [0.25, 0.3) is 5.91 Å². The van der Waals surface area contributed by atoms with Crippen molar-refractivity contribution in [3.8, 4) is 11.5 Å². The molecular formula is C24H24N4O3. The van der Waals surface area contributed by atoms with E-state index in [0.29, 0.717) is 18.8 Å². The molecule has 1 atom stereocenters. The van der Waals surface area contributed by atoms with Crippen molar-refractivity contribution in [2.24, 2.45) is 0 Å². The zero-order valence-corrected chi connectivity index (χ0v) is 17.5. The highest BCUT2D eigenvalue weighted by atomic mass is 16.5. The number of fused-ring (bicyclic) bond motifs is 1. The largest absolute Gasteiger partial charge is 0.497 e. The Morgan fingerprint density at radius 3 is 2.68 bits per heavy atom. The van der Waals surface area contributed by atoms with Crippen molar-refractivity contribution in [1.82, 2.24) is 19.9 Å². The van der Waals surface area contributed by atoms with Crippen LogP contribution >= 0.6 is 0 Å². The highest BCUT2D eigenvalue weighted by molar-refractivity contribution is 5.92. The van der Waals surface area contributed by atoms with E-state index in [1.165, 1.54) is 0 Å². The summed E-state index contributed by atoms with van der Waals surface area (Å²) in [5.41, 5.74) is 2.24. The number of carbonyl (C=O) groups is 1. The van der Waals surface area contributed by atoms with Crippen molar-refractivity contribution >= 4 is 16.9 Å². The van der Waals surface area contributed by atoms with Gasteiger partial charge < -0.3 is 19.4 Å². The molecule has 0 aliphatic carbocycles. The topological polar surface area (TPSA) is 78.3 Å². The second kappa shape index (κ2) is 9.30. The van der Waals surface area contributed by atoms with Crippen LogP contribution in [-0.4, -0.2) is 34.2 Å². The molecule has 2 aromatic heterocycles. The molecule has 0 fully saturated rings. The predicted molar refractivity (Wildman–Crippen MR) is 118 cm³/mol. The first-order chi connectivity index (χ1) is 15.2. The Kier molecular flexibility index (Phi) is 6.12. The third kappa shape index (κ3) is 4.66. The van der Waals surface area contributed by atoms with Crippen LogP contribution in [0.5, 0.6) is 11.5 Å². The molecule has 0 radical (unpaired) electrons. The van der Waals surface area contributed by atoms with Crippen LogP contribution in [0.15, 0.2) is 72.9 Å². The van der Waals surface area contributed by atoms with Crippen LogP contribution in [0, 0.1) is 0 Å². The van der Waals surface area contributed by atoms with Gasteiger partial charge in [0.2, 0.25) is 0 Å². The van der Waals surface area contributed by atoms with E-state index in [0.717, 1.165) is 28.4 Å². The van der Waals surface area contributed by atoms with Gasteiger partial charge in [0.1, 0.15) is 29.6 Å². The summed E-state index contributed by atoms with van der Waals surface area (Å²) < 4.78 is 13.3. The first kappa shape index (κ1) is 20.4. The lowest BCUT2D eigenvalue weighted by Gasteiger charge is -2.16. The molecule has 0 aliphatic rings. The maximum Gasteiger partial charge on any atom is 0.270 e. The second-order valence-corrected chi connectivity index (χ2v) is 7.05. The van der Waals surface area contributed by atoms with E-state index < -0.39 is 0 Å². The maximum absolute atomic E-state index is 12.6. The molecule has 0 bridgehead atoms. The number of aromatic nitrogens is 3. The van der Waals surface area contributed by atoms with Gasteiger partial charge >= 0.3 is 0 Å². The summed E-state index contributed by atoms with van der Waals surface area (Å²) in [5, 5.41) is 2.99. The summed E-state index contributed by atoms with van der Waals surface area (Å²) in [6.45, 7) is 2.94. The van der Waals surface area contributed by atoms with Crippen LogP contribution in [0.3, 0.4) is 0 Å². The van der Waals surface area contributed by atoms with Crippen LogP contribution in [0.25, 0.3) is 11.0 Å². The van der Waals surface area contributed by atoms with Gasteiger partial charge in [-0.15, -0.1) is 0 Å². The molecule has 0 saturated heterocycles. The van der Waals surface area contributed by atoms with Gasteiger partial charge in [-0.1, -0.05) is 24.3 Å². The minimum atomic E-state index is -0.307. The van der Waals surface area contributed by atoms with Gasteiger partial charge in [0.15, 0.2) is 0 Å². The van der Waals surface area contributed by atoms with E-state index in [2.05, 4.69) is 14.9 Å². The fraction of sp³-hybridized carbons (Fsp3) is 0.208. The molecule has 1 amide bonds. The molecule has 1 N–H and O–H groups in total. The van der Waals surface area contributed by atoms with Gasteiger partial charge in [-0.3, -0.25) is 9.78 Å². The molecule has 1 unspecified atom stereocenters. The van der Waals surface area contributed by atoms with Crippen molar-refractivity contribution in [2.45, 2.75) is 19.5 Å². The number of ether oxygens (including phenoxy) is 2. The maximum atomic E-state index is 12.6. The van der Waals surface area contributed by atoms with E-state index in [4.69, 9.17) is 14.5 Å². The SMILES string of the molecule is COc1cccc(OCCn2c(C(C)NC(=O)c3ccccn3)nc3ccccc32)c1. The van der Waals surface area contributed by atoms with Crippen LogP contribution in [-0.2, 0) is 6.54 Å². The van der Waals surface area contributed by atoms with Crippen molar-refractivity contribution in [3.63, 3.8) is 0 Å². The molecule has 4 aromatic rings. The second-order valence-electron chi connectivity index (χ2n) is 7.05. The Labute approximate surface area is 180 Å². The molecule has 7 nitrogen and oxygen atoms in total. The summed E-state index contributed by atoms with van der Waals surface area (Å²) in [6.07, 6.45) is 1.60. The lowest BCUT2D eigenvalue weighted by Crippen LogP contribution is -2.29. The van der Waals surface area contributed by atoms with Crippen LogP contribution < -0.4 is 14.8 Å². The fourth-order valence-electron chi connectivity index (χ4n) is 3.44. The number of rotatable bonds is 8. The van der Waals surface area contributed by atoms with E-state index in [9.17, 15) is 4.79 Å². The lowest BCUT2D eigenvalue weighted by atomic mass is 10.2. The third-order valence-electron chi connectivity index (χ3n) is 4.94. The van der Waals surface area contributed by atoms with Crippen LogP contribution in [0.1, 0.15) is 29.3 Å². The summed E-state index contributed by atoms with van der Waals surface area (Å²) in [4.78, 5) is 21.5. The fourth-order valence-corrected chi connectivity index (χ4v) is 3.44. The van der Waals surface area contributed by atoms with Gasteiger partial charge in [0.05, 0.1) is 30.7 Å². The highest BCUT2D eigenvalue weighted by Crippen LogP contribution is 2.22. The minimum absolute atomic E-state index is 0.237. The zero-order chi connectivity index (χ0) is 21.6. The van der Waals surface area contributed by atoms with E-state index in [1.807, 2.05) is 55.5 Å². The van der Waals surface area contributed by atoms with Gasteiger partial charge in [0, 0.05) is 12.3 Å². The average Bonchev–Trinajstić information content (AvgIpc) is 3.18. The van der Waals surface area contributed by atoms with Crippen molar-refractivity contribution in [1.29, 1.82) is 0 Å². The summed E-state index contributed by atoms with van der Waals surface area (Å²) in [5.74, 6) is 2.01. The number of hydrogen-bond donors (Lipinski definition) is 1. The van der Waals surface area contributed by atoms with Crippen LogP contribution in [0.4, 0.5) is 0 Å². The quantitative estimate of drug-likeness (QED) is 0.470. The number of nitrogens with zero attached hydrogens (tertiary/aromatic N) is 3. The summed E-state index contributed by atoms with van der Waals surface area (Å²) in [7, 11) is 1.63. The summed E-state index contributed by atoms with van der Waals surface area (Å²) in [6, 6.07) is 20.4. The summed E-state index contributed by atoms with van der Waals surface area (Å²) >= 11 is 0. The first-order valence-electron chi connectivity index (χ1n) is 10.1. The van der Waals surface area contributed by atoms with Gasteiger partial charge in [-0.05, 0) is 43.3 Å². The third-order valence-corrected chi connectivity index (χ3v) is 4.94. The van der Waals surface area contributed by atoms with Crippen LogP contribution in [0.2, 0.25) is 0 Å². The highest BCUT2D eigenvalue weighted by Gasteiger charge is 2.19. The van der Waals surface area contributed by atoms with Crippen molar-refractivity contribution < 1.29 is 14.3 Å². The number of benzene rings is 2.